The van der Waals surface area contributed by atoms with Crippen molar-refractivity contribution in [2.75, 3.05) is 18.4 Å². The van der Waals surface area contributed by atoms with Crippen LogP contribution in [-0.4, -0.2) is 31.7 Å². The van der Waals surface area contributed by atoms with Gasteiger partial charge in [0.2, 0.25) is 10.0 Å². The Morgan fingerprint density at radius 3 is 2.24 bits per heavy atom. The summed E-state index contributed by atoms with van der Waals surface area (Å²) in [6.45, 7) is 4.70. The van der Waals surface area contributed by atoms with Crippen LogP contribution in [0.25, 0.3) is 0 Å². The van der Waals surface area contributed by atoms with Crippen molar-refractivity contribution < 1.29 is 13.2 Å². The highest BCUT2D eigenvalue weighted by atomic mass is 35.5. The van der Waals surface area contributed by atoms with Gasteiger partial charge in [-0.05, 0) is 62.1 Å². The predicted molar refractivity (Wildman–Crippen MR) is 118 cm³/mol. The number of sulfonamides is 1. The average molecular weight is 455 g/mol. The van der Waals surface area contributed by atoms with Crippen molar-refractivity contribution in [2.24, 2.45) is 0 Å². The Balaban J connectivity index is 1.91. The SMILES string of the molecule is Cc1cc(C)c(NC(=O)c2ccc(Cl)c(S(=O)(=O)N3CCCCCC3)c2)c(Cl)c1. The fraction of sp³-hybridized carbons (Fsp3) is 0.381. The fourth-order valence-electron chi connectivity index (χ4n) is 3.52. The lowest BCUT2D eigenvalue weighted by Crippen LogP contribution is -2.32. The minimum atomic E-state index is -3.77. The maximum Gasteiger partial charge on any atom is 0.255 e. The van der Waals surface area contributed by atoms with Crippen molar-refractivity contribution in [1.29, 1.82) is 0 Å². The number of benzene rings is 2. The van der Waals surface area contributed by atoms with Gasteiger partial charge in [-0.25, -0.2) is 8.42 Å². The van der Waals surface area contributed by atoms with Gasteiger partial charge in [-0.2, -0.15) is 4.31 Å². The maximum absolute atomic E-state index is 13.1. The van der Waals surface area contributed by atoms with E-state index in [2.05, 4.69) is 5.32 Å². The molecule has 29 heavy (non-hydrogen) atoms. The Kier molecular flexibility index (Phi) is 6.89. The number of hydrogen-bond acceptors (Lipinski definition) is 3. The van der Waals surface area contributed by atoms with Crippen molar-refractivity contribution in [3.63, 3.8) is 0 Å². The van der Waals surface area contributed by atoms with Gasteiger partial charge in [-0.15, -0.1) is 0 Å². The first-order chi connectivity index (χ1) is 13.7. The molecule has 2 aromatic carbocycles. The van der Waals surface area contributed by atoms with E-state index in [1.165, 1.54) is 22.5 Å². The lowest BCUT2D eigenvalue weighted by Gasteiger charge is -2.21. The standard InChI is InChI=1S/C21H24Cl2N2O3S/c1-14-11-15(2)20(18(23)12-14)24-21(26)16-7-8-17(22)19(13-16)29(27,28)25-9-5-3-4-6-10-25/h7-8,11-13H,3-6,9-10H2,1-2H3,(H,24,26). The van der Waals surface area contributed by atoms with E-state index >= 15 is 0 Å². The first-order valence-electron chi connectivity index (χ1n) is 9.58. The van der Waals surface area contributed by atoms with Gasteiger partial charge in [0, 0.05) is 18.7 Å². The molecule has 5 nitrogen and oxygen atoms in total. The van der Waals surface area contributed by atoms with Crippen LogP contribution in [0.5, 0.6) is 0 Å². The molecule has 0 aromatic heterocycles. The van der Waals surface area contributed by atoms with Gasteiger partial charge in [0.25, 0.3) is 5.91 Å². The molecule has 0 saturated carbocycles. The van der Waals surface area contributed by atoms with Crippen LogP contribution in [0.3, 0.4) is 0 Å². The smallest absolute Gasteiger partial charge is 0.255 e. The number of nitrogens with one attached hydrogen (secondary N) is 1. The Bertz CT molecular complexity index is 1010. The largest absolute Gasteiger partial charge is 0.320 e. The normalized spacial score (nSPS) is 15.7. The van der Waals surface area contributed by atoms with Crippen LogP contribution in [0.15, 0.2) is 35.2 Å². The second kappa shape index (κ2) is 9.04. The predicted octanol–water partition coefficient (Wildman–Crippen LogP) is 5.43. The van der Waals surface area contributed by atoms with Gasteiger partial charge in [-0.1, -0.05) is 42.1 Å². The Hall–Kier alpha value is -1.60. The van der Waals surface area contributed by atoms with E-state index in [1.807, 2.05) is 19.9 Å². The number of hydrogen-bond donors (Lipinski definition) is 1. The number of nitrogens with zero attached hydrogens (tertiary/aromatic N) is 1. The second-order valence-electron chi connectivity index (χ2n) is 7.36. The highest BCUT2D eigenvalue weighted by molar-refractivity contribution is 7.89. The zero-order chi connectivity index (χ0) is 21.2. The molecule has 1 amide bonds. The third-order valence-corrected chi connectivity index (χ3v) is 7.72. The molecule has 1 N–H and O–H groups in total. The Morgan fingerprint density at radius 2 is 1.62 bits per heavy atom. The third kappa shape index (κ3) is 4.94. The molecule has 2 aromatic rings. The summed E-state index contributed by atoms with van der Waals surface area (Å²) in [5.74, 6) is -0.442. The summed E-state index contributed by atoms with van der Waals surface area (Å²) in [5, 5.41) is 3.33. The summed E-state index contributed by atoms with van der Waals surface area (Å²) in [6.07, 6.45) is 3.67. The summed E-state index contributed by atoms with van der Waals surface area (Å²) in [4.78, 5) is 12.8. The number of halogens is 2. The van der Waals surface area contributed by atoms with E-state index in [-0.39, 0.29) is 15.5 Å². The van der Waals surface area contributed by atoms with Gasteiger partial charge in [-0.3, -0.25) is 4.79 Å². The minimum Gasteiger partial charge on any atom is -0.320 e. The summed E-state index contributed by atoms with van der Waals surface area (Å²) < 4.78 is 27.7. The van der Waals surface area contributed by atoms with Crippen molar-refractivity contribution in [3.8, 4) is 0 Å². The van der Waals surface area contributed by atoms with Crippen LogP contribution >= 0.6 is 23.2 Å². The first-order valence-corrected chi connectivity index (χ1v) is 11.8. The number of aryl methyl sites for hydroxylation is 2. The van der Waals surface area contributed by atoms with Crippen molar-refractivity contribution in [1.82, 2.24) is 4.31 Å². The molecule has 0 unspecified atom stereocenters. The fourth-order valence-corrected chi connectivity index (χ4v) is 5.91. The highest BCUT2D eigenvalue weighted by Gasteiger charge is 2.28. The quantitative estimate of drug-likeness (QED) is 0.669. The van der Waals surface area contributed by atoms with E-state index in [4.69, 9.17) is 23.2 Å². The van der Waals surface area contributed by atoms with Gasteiger partial charge in [0.1, 0.15) is 4.90 Å². The van der Waals surface area contributed by atoms with Crippen LogP contribution < -0.4 is 5.32 Å². The Labute approximate surface area is 182 Å². The number of anilines is 1. The molecule has 1 fully saturated rings. The molecule has 3 rings (SSSR count). The summed E-state index contributed by atoms with van der Waals surface area (Å²) in [6, 6.07) is 7.98. The lowest BCUT2D eigenvalue weighted by atomic mass is 10.1. The van der Waals surface area contributed by atoms with Gasteiger partial charge >= 0.3 is 0 Å². The van der Waals surface area contributed by atoms with Crippen molar-refractivity contribution in [2.45, 2.75) is 44.4 Å². The van der Waals surface area contributed by atoms with Gasteiger partial charge < -0.3 is 5.32 Å². The number of carbonyl (C=O) groups is 1. The molecule has 156 valence electrons. The van der Waals surface area contributed by atoms with E-state index < -0.39 is 15.9 Å². The van der Waals surface area contributed by atoms with Gasteiger partial charge in [0.05, 0.1) is 15.7 Å². The number of amides is 1. The van der Waals surface area contributed by atoms with Crippen LogP contribution in [0.2, 0.25) is 10.0 Å². The van der Waals surface area contributed by atoms with Crippen molar-refractivity contribution >= 4 is 44.8 Å². The molecular formula is C21H24Cl2N2O3S. The third-order valence-electron chi connectivity index (χ3n) is 5.05. The first kappa shape index (κ1) is 22.1. The lowest BCUT2D eigenvalue weighted by molar-refractivity contribution is 0.102. The summed E-state index contributed by atoms with van der Waals surface area (Å²) in [5.41, 5.74) is 2.53. The van der Waals surface area contributed by atoms with E-state index in [0.717, 1.165) is 36.8 Å². The molecule has 1 aliphatic rings. The molecule has 0 atom stereocenters. The molecule has 0 bridgehead atoms. The minimum absolute atomic E-state index is 0.0413. The van der Waals surface area contributed by atoms with Crippen LogP contribution in [0, 0.1) is 13.8 Å². The zero-order valence-electron chi connectivity index (χ0n) is 16.5. The van der Waals surface area contributed by atoms with E-state index in [0.29, 0.717) is 23.8 Å². The zero-order valence-corrected chi connectivity index (χ0v) is 18.8. The molecule has 1 saturated heterocycles. The van der Waals surface area contributed by atoms with Crippen molar-refractivity contribution in [3.05, 3.63) is 57.1 Å². The summed E-state index contributed by atoms with van der Waals surface area (Å²) in [7, 11) is -3.77. The molecule has 1 aliphatic heterocycles. The molecule has 0 radical (unpaired) electrons. The second-order valence-corrected chi connectivity index (χ2v) is 10.1. The molecule has 1 heterocycles. The molecular weight excluding hydrogens is 431 g/mol. The topological polar surface area (TPSA) is 66.5 Å². The van der Waals surface area contributed by atoms with Crippen LogP contribution in [-0.2, 0) is 10.0 Å². The maximum atomic E-state index is 13.1. The van der Waals surface area contributed by atoms with E-state index in [9.17, 15) is 13.2 Å². The highest BCUT2D eigenvalue weighted by Crippen LogP contribution is 2.30. The van der Waals surface area contributed by atoms with E-state index in [1.54, 1.807) is 6.07 Å². The monoisotopic (exact) mass is 454 g/mol. The summed E-state index contributed by atoms with van der Waals surface area (Å²) >= 11 is 12.5. The number of rotatable bonds is 4. The average Bonchev–Trinajstić information content (AvgIpc) is 2.94. The molecule has 0 spiro atoms. The molecule has 8 heteroatoms. The van der Waals surface area contributed by atoms with Gasteiger partial charge in [0.15, 0.2) is 0 Å². The number of carbonyl (C=O) groups excluding carboxylic acids is 1. The van der Waals surface area contributed by atoms with Crippen LogP contribution in [0.1, 0.15) is 47.2 Å². The Morgan fingerprint density at radius 1 is 0.966 bits per heavy atom. The van der Waals surface area contributed by atoms with Crippen LogP contribution in [0.4, 0.5) is 5.69 Å². The molecule has 0 aliphatic carbocycles.